The number of aromatic nitrogens is 1. The molecule has 0 radical (unpaired) electrons. The average Bonchev–Trinajstić information content (AvgIpc) is 3.14. The van der Waals surface area contributed by atoms with Crippen LogP contribution in [0.25, 0.3) is 0 Å². The molecule has 0 fully saturated rings. The van der Waals surface area contributed by atoms with E-state index in [2.05, 4.69) is 47.1 Å². The minimum atomic E-state index is 0.409. The van der Waals surface area contributed by atoms with Gasteiger partial charge in [-0.05, 0) is 53.3 Å². The Bertz CT molecular complexity index is 1030. The van der Waals surface area contributed by atoms with E-state index < -0.39 is 0 Å². The third kappa shape index (κ3) is 4.60. The van der Waals surface area contributed by atoms with Gasteiger partial charge in [0, 0.05) is 32.8 Å². The number of rotatable bonds is 5. The van der Waals surface area contributed by atoms with Gasteiger partial charge < -0.3 is 9.64 Å². The summed E-state index contributed by atoms with van der Waals surface area (Å²) in [7, 11) is 4.09. The lowest BCUT2D eigenvalue weighted by Crippen LogP contribution is -2.21. The Labute approximate surface area is 176 Å². The van der Waals surface area contributed by atoms with Crippen molar-refractivity contribution in [1.82, 2.24) is 9.88 Å². The van der Waals surface area contributed by atoms with Crippen molar-refractivity contribution in [1.29, 1.82) is 0 Å². The van der Waals surface area contributed by atoms with Gasteiger partial charge in [0.25, 0.3) is 0 Å². The Morgan fingerprint density at radius 2 is 1.86 bits per heavy atom. The number of halogens is 1. The maximum atomic E-state index is 5.86. The second-order valence-electron chi connectivity index (χ2n) is 7.65. The predicted octanol–water partition coefficient (Wildman–Crippen LogP) is 6.02. The standard InChI is InChI=1S/C24H24ClN3O/c1-16(12-17-4-10-22-19(13-17)14-23(27-22)28(2)3)18-5-8-21(9-6-18)29-24-11-7-20(25)15-26-24/h4-11,13,15-16H,12,14H2,1-3H3. The lowest BCUT2D eigenvalue weighted by molar-refractivity contribution is 0.462. The molecule has 0 bridgehead atoms. The number of aliphatic imine (C=N–C) groups is 1. The smallest absolute Gasteiger partial charge is 0.219 e. The van der Waals surface area contributed by atoms with Crippen molar-refractivity contribution in [2.45, 2.75) is 25.7 Å². The molecule has 2 aromatic carbocycles. The molecular formula is C24H24ClN3O. The van der Waals surface area contributed by atoms with Gasteiger partial charge in [-0.2, -0.15) is 0 Å². The first-order chi connectivity index (χ1) is 14.0. The molecule has 1 atom stereocenters. The molecule has 0 spiro atoms. The molecule has 5 heteroatoms. The first kappa shape index (κ1) is 19.5. The highest BCUT2D eigenvalue weighted by Crippen LogP contribution is 2.31. The van der Waals surface area contributed by atoms with Gasteiger partial charge in [0.05, 0.1) is 10.7 Å². The van der Waals surface area contributed by atoms with Crippen LogP contribution in [0, 0.1) is 0 Å². The van der Waals surface area contributed by atoms with Crippen molar-refractivity contribution in [2.75, 3.05) is 14.1 Å². The lowest BCUT2D eigenvalue weighted by atomic mass is 9.92. The zero-order valence-corrected chi connectivity index (χ0v) is 17.6. The topological polar surface area (TPSA) is 37.7 Å². The van der Waals surface area contributed by atoms with Crippen LogP contribution >= 0.6 is 11.6 Å². The van der Waals surface area contributed by atoms with Gasteiger partial charge in [0.2, 0.25) is 5.88 Å². The van der Waals surface area contributed by atoms with E-state index in [0.29, 0.717) is 16.8 Å². The van der Waals surface area contributed by atoms with Crippen LogP contribution in [0.5, 0.6) is 11.6 Å². The van der Waals surface area contributed by atoms with Gasteiger partial charge in [-0.1, -0.05) is 42.8 Å². The highest BCUT2D eigenvalue weighted by Gasteiger charge is 2.17. The van der Waals surface area contributed by atoms with Crippen LogP contribution in [0.2, 0.25) is 5.02 Å². The van der Waals surface area contributed by atoms with Crippen molar-refractivity contribution >= 4 is 23.1 Å². The number of amidine groups is 1. The molecule has 1 aliphatic heterocycles. The highest BCUT2D eigenvalue weighted by molar-refractivity contribution is 6.30. The minimum absolute atomic E-state index is 0.409. The Morgan fingerprint density at radius 3 is 2.55 bits per heavy atom. The third-order valence-corrected chi connectivity index (χ3v) is 5.40. The van der Waals surface area contributed by atoms with E-state index in [-0.39, 0.29) is 0 Å². The molecule has 0 amide bonds. The zero-order valence-electron chi connectivity index (χ0n) is 16.9. The second kappa shape index (κ2) is 8.26. The number of fused-ring (bicyclic) bond motifs is 1. The summed E-state index contributed by atoms with van der Waals surface area (Å²) in [5.41, 5.74) is 5.05. The van der Waals surface area contributed by atoms with Crippen molar-refractivity contribution < 1.29 is 4.74 Å². The Morgan fingerprint density at radius 1 is 1.07 bits per heavy atom. The van der Waals surface area contributed by atoms with E-state index in [1.165, 1.54) is 16.7 Å². The summed E-state index contributed by atoms with van der Waals surface area (Å²) in [6, 6.07) is 18.4. The van der Waals surface area contributed by atoms with Crippen LogP contribution in [-0.2, 0) is 12.8 Å². The maximum Gasteiger partial charge on any atom is 0.219 e. The van der Waals surface area contributed by atoms with Crippen LogP contribution in [-0.4, -0.2) is 29.8 Å². The number of likely N-dealkylation sites (N-methyl/N-ethyl adjacent to an activating group) is 1. The number of benzene rings is 2. The molecule has 0 aliphatic carbocycles. The van der Waals surface area contributed by atoms with Gasteiger partial charge >= 0.3 is 0 Å². The van der Waals surface area contributed by atoms with E-state index in [0.717, 1.165) is 30.1 Å². The summed E-state index contributed by atoms with van der Waals surface area (Å²) in [4.78, 5) is 10.9. The molecule has 0 saturated heterocycles. The van der Waals surface area contributed by atoms with Crippen molar-refractivity contribution in [3.05, 3.63) is 82.5 Å². The highest BCUT2D eigenvalue weighted by atomic mass is 35.5. The zero-order chi connectivity index (χ0) is 20.4. The summed E-state index contributed by atoms with van der Waals surface area (Å²) in [5, 5.41) is 0.595. The molecule has 4 nitrogen and oxygen atoms in total. The van der Waals surface area contributed by atoms with Gasteiger partial charge in [-0.15, -0.1) is 0 Å². The molecule has 1 aromatic heterocycles. The van der Waals surface area contributed by atoms with Crippen LogP contribution in [0.3, 0.4) is 0 Å². The monoisotopic (exact) mass is 405 g/mol. The molecule has 3 aromatic rings. The number of ether oxygens (including phenoxy) is 1. The summed E-state index contributed by atoms with van der Waals surface area (Å²) in [6.45, 7) is 2.26. The first-order valence-electron chi connectivity index (χ1n) is 9.74. The largest absolute Gasteiger partial charge is 0.439 e. The number of hydrogen-bond donors (Lipinski definition) is 0. The van der Waals surface area contributed by atoms with E-state index in [4.69, 9.17) is 21.3 Å². The predicted molar refractivity (Wildman–Crippen MR) is 119 cm³/mol. The van der Waals surface area contributed by atoms with Crippen LogP contribution in [0.15, 0.2) is 65.8 Å². The van der Waals surface area contributed by atoms with E-state index in [1.807, 2.05) is 26.2 Å². The number of hydrogen-bond acceptors (Lipinski definition) is 4. The SMILES string of the molecule is CC(Cc1ccc2c(c1)CC(N(C)C)=N2)c1ccc(Oc2ccc(Cl)cn2)cc1. The fourth-order valence-corrected chi connectivity index (χ4v) is 3.61. The molecule has 1 unspecified atom stereocenters. The van der Waals surface area contributed by atoms with Crippen molar-refractivity contribution in [3.8, 4) is 11.6 Å². The van der Waals surface area contributed by atoms with E-state index in [1.54, 1.807) is 18.3 Å². The Hall–Kier alpha value is -2.85. The van der Waals surface area contributed by atoms with Gasteiger partial charge in [0.15, 0.2) is 0 Å². The maximum absolute atomic E-state index is 5.86. The molecular weight excluding hydrogens is 382 g/mol. The Balaban J connectivity index is 1.40. The van der Waals surface area contributed by atoms with Crippen LogP contribution in [0.1, 0.15) is 29.5 Å². The van der Waals surface area contributed by atoms with Gasteiger partial charge in [-0.3, -0.25) is 0 Å². The van der Waals surface area contributed by atoms with Crippen LogP contribution < -0.4 is 4.74 Å². The van der Waals surface area contributed by atoms with Crippen LogP contribution in [0.4, 0.5) is 5.69 Å². The average molecular weight is 406 g/mol. The number of pyridine rings is 1. The third-order valence-electron chi connectivity index (χ3n) is 5.17. The molecule has 0 N–H and O–H groups in total. The fourth-order valence-electron chi connectivity index (χ4n) is 3.50. The van der Waals surface area contributed by atoms with E-state index in [9.17, 15) is 0 Å². The molecule has 4 rings (SSSR count). The summed E-state index contributed by atoms with van der Waals surface area (Å²) in [5.74, 6) is 2.83. The van der Waals surface area contributed by atoms with Crippen molar-refractivity contribution in [2.24, 2.45) is 4.99 Å². The second-order valence-corrected chi connectivity index (χ2v) is 8.09. The van der Waals surface area contributed by atoms with Gasteiger partial charge in [-0.25, -0.2) is 9.98 Å². The number of nitrogens with zero attached hydrogens (tertiary/aromatic N) is 3. The lowest BCUT2D eigenvalue weighted by Gasteiger charge is -2.14. The first-order valence-corrected chi connectivity index (χ1v) is 10.1. The normalized spacial score (nSPS) is 13.6. The molecule has 148 valence electrons. The molecule has 0 saturated carbocycles. The molecule has 29 heavy (non-hydrogen) atoms. The summed E-state index contributed by atoms with van der Waals surface area (Å²) >= 11 is 5.86. The molecule has 2 heterocycles. The van der Waals surface area contributed by atoms with Gasteiger partial charge in [0.1, 0.15) is 11.6 Å². The summed E-state index contributed by atoms with van der Waals surface area (Å²) < 4.78 is 5.78. The quantitative estimate of drug-likeness (QED) is 0.520. The Kier molecular flexibility index (Phi) is 5.54. The minimum Gasteiger partial charge on any atom is -0.439 e. The molecule has 1 aliphatic rings. The summed E-state index contributed by atoms with van der Waals surface area (Å²) in [6.07, 6.45) is 3.48. The van der Waals surface area contributed by atoms with Crippen molar-refractivity contribution in [3.63, 3.8) is 0 Å². The van der Waals surface area contributed by atoms with E-state index >= 15 is 0 Å². The fraction of sp³-hybridized carbons (Fsp3) is 0.250.